The predicted molar refractivity (Wildman–Crippen MR) is 103 cm³/mol. The summed E-state index contributed by atoms with van der Waals surface area (Å²) >= 11 is 0. The highest BCUT2D eigenvalue weighted by molar-refractivity contribution is 5.92. The summed E-state index contributed by atoms with van der Waals surface area (Å²) in [5.41, 5.74) is 3.72. The molecule has 136 valence electrons. The number of benzene rings is 1. The number of hydrogen-bond acceptors (Lipinski definition) is 3. The van der Waals surface area contributed by atoms with Gasteiger partial charge in [0.15, 0.2) is 0 Å². The van der Waals surface area contributed by atoms with Crippen molar-refractivity contribution >= 4 is 24.1 Å². The average molecular weight is 363 g/mol. The molecule has 1 heterocycles. The Labute approximate surface area is 155 Å². The summed E-state index contributed by atoms with van der Waals surface area (Å²) in [5.74, 6) is 0.763. The molecule has 1 aliphatic rings. The smallest absolute Gasteiger partial charge is 0.229 e. The van der Waals surface area contributed by atoms with Crippen LogP contribution in [0.4, 0.5) is 5.82 Å². The molecule has 1 amide bonds. The van der Waals surface area contributed by atoms with Crippen molar-refractivity contribution in [2.45, 2.75) is 39.2 Å². The van der Waals surface area contributed by atoms with Crippen molar-refractivity contribution in [1.82, 2.24) is 15.1 Å². The lowest BCUT2D eigenvalue weighted by Crippen LogP contribution is -2.30. The minimum absolute atomic E-state index is 0. The first-order chi connectivity index (χ1) is 11.6. The Balaban J connectivity index is 0.00000225. The Morgan fingerprint density at radius 2 is 2.16 bits per heavy atom. The van der Waals surface area contributed by atoms with E-state index in [0.717, 1.165) is 30.6 Å². The van der Waals surface area contributed by atoms with E-state index in [9.17, 15) is 4.79 Å². The van der Waals surface area contributed by atoms with Crippen LogP contribution in [0.5, 0.6) is 0 Å². The normalized spacial score (nSPS) is 17.3. The van der Waals surface area contributed by atoms with Gasteiger partial charge < -0.3 is 10.6 Å². The number of rotatable bonds is 5. The number of aromatic nitrogens is 2. The first-order valence-corrected chi connectivity index (χ1v) is 8.69. The van der Waals surface area contributed by atoms with Crippen LogP contribution in [-0.4, -0.2) is 29.3 Å². The fourth-order valence-corrected chi connectivity index (χ4v) is 3.46. The molecule has 25 heavy (non-hydrogen) atoms. The van der Waals surface area contributed by atoms with Gasteiger partial charge in [-0.3, -0.25) is 4.79 Å². The van der Waals surface area contributed by atoms with Crippen LogP contribution in [0.15, 0.2) is 30.5 Å². The van der Waals surface area contributed by atoms with Crippen molar-refractivity contribution in [3.63, 3.8) is 0 Å². The van der Waals surface area contributed by atoms with Crippen molar-refractivity contribution in [2.75, 3.05) is 18.9 Å². The van der Waals surface area contributed by atoms with E-state index in [2.05, 4.69) is 40.0 Å². The number of nitrogens with one attached hydrogen (secondary N) is 2. The molecule has 0 spiro atoms. The molecule has 6 heteroatoms. The third-order valence-corrected chi connectivity index (χ3v) is 4.81. The molecule has 0 radical (unpaired) electrons. The van der Waals surface area contributed by atoms with Crippen LogP contribution in [0.25, 0.3) is 0 Å². The van der Waals surface area contributed by atoms with E-state index in [4.69, 9.17) is 0 Å². The third-order valence-electron chi connectivity index (χ3n) is 4.81. The largest absolute Gasteiger partial charge is 0.319 e. The number of halogens is 1. The highest BCUT2D eigenvalue weighted by Crippen LogP contribution is 2.35. The number of hydrogen-bond donors (Lipinski definition) is 2. The summed E-state index contributed by atoms with van der Waals surface area (Å²) in [6.07, 6.45) is 5.15. The van der Waals surface area contributed by atoms with E-state index in [1.807, 2.05) is 31.8 Å². The monoisotopic (exact) mass is 362 g/mol. The maximum absolute atomic E-state index is 12.4. The molecule has 0 saturated carbocycles. The molecule has 2 N–H and O–H groups in total. The first-order valence-electron chi connectivity index (χ1n) is 8.69. The maximum atomic E-state index is 12.4. The van der Waals surface area contributed by atoms with Crippen molar-refractivity contribution in [2.24, 2.45) is 5.92 Å². The summed E-state index contributed by atoms with van der Waals surface area (Å²) in [5, 5.41) is 10.7. The lowest BCUT2D eigenvalue weighted by molar-refractivity contribution is -0.119. The molecular weight excluding hydrogens is 336 g/mol. The quantitative estimate of drug-likeness (QED) is 0.857. The van der Waals surface area contributed by atoms with Crippen molar-refractivity contribution < 1.29 is 4.79 Å². The summed E-state index contributed by atoms with van der Waals surface area (Å²) in [4.78, 5) is 12.4. The Morgan fingerprint density at radius 1 is 1.40 bits per heavy atom. The van der Waals surface area contributed by atoms with Crippen LogP contribution in [-0.2, 0) is 11.2 Å². The van der Waals surface area contributed by atoms with Crippen molar-refractivity contribution in [3.05, 3.63) is 47.2 Å². The van der Waals surface area contributed by atoms with Crippen molar-refractivity contribution in [1.29, 1.82) is 0 Å². The molecule has 2 unspecified atom stereocenters. The van der Waals surface area contributed by atoms with Gasteiger partial charge in [-0.15, -0.1) is 12.4 Å². The first kappa shape index (κ1) is 19.5. The van der Waals surface area contributed by atoms with Gasteiger partial charge in [-0.25, -0.2) is 4.68 Å². The maximum Gasteiger partial charge on any atom is 0.229 e. The van der Waals surface area contributed by atoms with Crippen LogP contribution in [0.1, 0.15) is 42.5 Å². The molecule has 5 nitrogen and oxygen atoms in total. The van der Waals surface area contributed by atoms with Gasteiger partial charge in [0.2, 0.25) is 5.91 Å². The number of carbonyl (C=O) groups is 1. The van der Waals surface area contributed by atoms with Crippen LogP contribution >= 0.6 is 12.4 Å². The van der Waals surface area contributed by atoms with E-state index in [1.165, 1.54) is 11.1 Å². The van der Waals surface area contributed by atoms with E-state index < -0.39 is 0 Å². The summed E-state index contributed by atoms with van der Waals surface area (Å²) in [6, 6.07) is 8.76. The number of anilines is 1. The van der Waals surface area contributed by atoms with Gasteiger partial charge in [-0.05, 0) is 44.4 Å². The highest BCUT2D eigenvalue weighted by Gasteiger charge is 2.26. The number of fused-ring (bicyclic) bond motifs is 1. The highest BCUT2D eigenvalue weighted by atomic mass is 35.5. The fraction of sp³-hybridized carbons (Fsp3) is 0.474. The van der Waals surface area contributed by atoms with Crippen LogP contribution in [0.3, 0.4) is 0 Å². The summed E-state index contributed by atoms with van der Waals surface area (Å²) in [7, 11) is 1.86. The predicted octanol–water partition coefficient (Wildman–Crippen LogP) is 3.33. The van der Waals surface area contributed by atoms with E-state index in [-0.39, 0.29) is 30.3 Å². The van der Waals surface area contributed by atoms with Gasteiger partial charge in [0.25, 0.3) is 0 Å². The SMILES string of the molecule is CNCC(C)C(=O)Nc1c(C)cnn1C1CCCc2ccccc21.Cl. The topological polar surface area (TPSA) is 59.0 Å². The van der Waals surface area contributed by atoms with Gasteiger partial charge in [0, 0.05) is 18.0 Å². The lowest BCUT2D eigenvalue weighted by Gasteiger charge is -2.27. The molecule has 1 aromatic heterocycles. The molecule has 0 aliphatic heterocycles. The second kappa shape index (κ2) is 8.50. The van der Waals surface area contributed by atoms with Gasteiger partial charge in [-0.1, -0.05) is 31.2 Å². The lowest BCUT2D eigenvalue weighted by atomic mass is 9.88. The Hall–Kier alpha value is -1.85. The van der Waals surface area contributed by atoms with Gasteiger partial charge >= 0.3 is 0 Å². The zero-order valence-corrected chi connectivity index (χ0v) is 15.9. The molecule has 1 aliphatic carbocycles. The summed E-state index contributed by atoms with van der Waals surface area (Å²) < 4.78 is 2.00. The zero-order valence-electron chi connectivity index (χ0n) is 15.1. The standard InChI is InChI=1S/C19H26N4O.ClH/c1-13-12-21-23(18(13)22-19(24)14(2)11-20-3)17-10-6-8-15-7-4-5-9-16(15)17;/h4-5,7,9,12,14,17,20H,6,8,10-11H2,1-3H3,(H,22,24);1H. The minimum Gasteiger partial charge on any atom is -0.319 e. The Kier molecular flexibility index (Phi) is 6.62. The molecule has 2 aromatic rings. The molecule has 1 aromatic carbocycles. The van der Waals surface area contributed by atoms with E-state index >= 15 is 0 Å². The van der Waals surface area contributed by atoms with E-state index in [0.29, 0.717) is 6.54 Å². The molecule has 0 bridgehead atoms. The number of carbonyl (C=O) groups excluding carboxylic acids is 1. The molecule has 0 fully saturated rings. The second-order valence-electron chi connectivity index (χ2n) is 6.68. The molecular formula is C19H27ClN4O. The van der Waals surface area contributed by atoms with Crippen LogP contribution in [0, 0.1) is 12.8 Å². The molecule has 2 atom stereocenters. The third kappa shape index (κ3) is 4.05. The van der Waals surface area contributed by atoms with Crippen molar-refractivity contribution in [3.8, 4) is 0 Å². The van der Waals surface area contributed by atoms with E-state index in [1.54, 1.807) is 0 Å². The Bertz CT molecular complexity index is 728. The molecule has 3 rings (SSSR count). The second-order valence-corrected chi connectivity index (χ2v) is 6.68. The molecule has 0 saturated heterocycles. The fourth-order valence-electron chi connectivity index (χ4n) is 3.46. The average Bonchev–Trinajstić information content (AvgIpc) is 2.95. The van der Waals surface area contributed by atoms with Gasteiger partial charge in [-0.2, -0.15) is 5.10 Å². The number of amides is 1. The summed E-state index contributed by atoms with van der Waals surface area (Å²) in [6.45, 7) is 4.58. The van der Waals surface area contributed by atoms with Gasteiger partial charge in [0.1, 0.15) is 5.82 Å². The van der Waals surface area contributed by atoms with Crippen LogP contribution in [0.2, 0.25) is 0 Å². The minimum atomic E-state index is -0.0867. The van der Waals surface area contributed by atoms with Gasteiger partial charge in [0.05, 0.1) is 12.2 Å². The number of aryl methyl sites for hydroxylation is 2. The number of nitrogens with zero attached hydrogens (tertiary/aromatic N) is 2. The van der Waals surface area contributed by atoms with Crippen LogP contribution < -0.4 is 10.6 Å². The Morgan fingerprint density at radius 3 is 2.92 bits per heavy atom. The zero-order chi connectivity index (χ0) is 17.1.